The van der Waals surface area contributed by atoms with E-state index in [2.05, 4.69) is 11.4 Å². The summed E-state index contributed by atoms with van der Waals surface area (Å²) in [4.78, 5) is 24.8. The highest BCUT2D eigenvalue weighted by Gasteiger charge is 2.43. The summed E-state index contributed by atoms with van der Waals surface area (Å²) >= 11 is 1.35. The van der Waals surface area contributed by atoms with Crippen LogP contribution in [0.4, 0.5) is 0 Å². The van der Waals surface area contributed by atoms with Crippen LogP contribution in [0.15, 0.2) is 46.2 Å². The first-order valence-corrected chi connectivity index (χ1v) is 9.58. The lowest BCUT2D eigenvalue weighted by atomic mass is 9.80. The number of allylic oxidation sites excluding steroid dienone is 1. The van der Waals surface area contributed by atoms with Crippen LogP contribution in [-0.4, -0.2) is 24.2 Å². The van der Waals surface area contributed by atoms with Crippen LogP contribution in [0, 0.1) is 17.2 Å². The number of nitrogens with one attached hydrogen (secondary N) is 1. The second-order valence-corrected chi connectivity index (χ2v) is 7.65. The number of carboxylic acids is 1. The molecule has 2 aromatic rings. The van der Waals surface area contributed by atoms with Gasteiger partial charge in [0.05, 0.1) is 34.4 Å². The van der Waals surface area contributed by atoms with Gasteiger partial charge in [-0.2, -0.15) is 5.26 Å². The van der Waals surface area contributed by atoms with Crippen molar-refractivity contribution < 1.29 is 19.4 Å². The van der Waals surface area contributed by atoms with Crippen LogP contribution in [0.1, 0.15) is 29.9 Å². The Morgan fingerprint density at radius 2 is 2.11 bits per heavy atom. The zero-order chi connectivity index (χ0) is 20.0. The van der Waals surface area contributed by atoms with E-state index in [1.807, 2.05) is 6.07 Å². The first-order chi connectivity index (χ1) is 13.5. The number of dihydropyridines is 1. The van der Waals surface area contributed by atoms with Gasteiger partial charge < -0.3 is 20.9 Å². The van der Waals surface area contributed by atoms with Gasteiger partial charge >= 0.3 is 11.9 Å². The minimum atomic E-state index is -1.11. The molecule has 1 saturated carbocycles. The molecule has 4 N–H and O–H groups in total. The number of methoxy groups -OCH3 is 1. The third kappa shape index (κ3) is 2.72. The van der Waals surface area contributed by atoms with Gasteiger partial charge in [-0.15, -0.1) is 11.3 Å². The van der Waals surface area contributed by atoms with Crippen molar-refractivity contribution in [3.8, 4) is 6.07 Å². The number of esters is 1. The number of hydrogen-bond acceptors (Lipinski definition) is 7. The molecule has 0 spiro atoms. The van der Waals surface area contributed by atoms with Gasteiger partial charge in [0.1, 0.15) is 11.9 Å². The average Bonchev–Trinajstić information content (AvgIpc) is 3.44. The highest BCUT2D eigenvalue weighted by molar-refractivity contribution is 7.17. The zero-order valence-corrected chi connectivity index (χ0v) is 15.8. The van der Waals surface area contributed by atoms with Crippen molar-refractivity contribution in [3.63, 3.8) is 0 Å². The first-order valence-electron chi connectivity index (χ1n) is 8.70. The monoisotopic (exact) mass is 395 g/mol. The highest BCUT2D eigenvalue weighted by Crippen LogP contribution is 2.47. The SMILES string of the molecule is COC(=O)C1=C(N)NC(C2CC2)=C(C(=O)O)C1c1csc2c(C#N)cccc12. The lowest BCUT2D eigenvalue weighted by Gasteiger charge is -2.30. The third-order valence-corrected chi connectivity index (χ3v) is 6.16. The number of thiophene rings is 1. The molecule has 1 aromatic heterocycles. The van der Waals surface area contributed by atoms with Gasteiger partial charge in [-0.05, 0) is 41.2 Å². The highest BCUT2D eigenvalue weighted by atomic mass is 32.1. The van der Waals surface area contributed by atoms with Crippen molar-refractivity contribution in [2.45, 2.75) is 18.8 Å². The smallest absolute Gasteiger partial charge is 0.338 e. The van der Waals surface area contributed by atoms with Crippen molar-refractivity contribution in [2.75, 3.05) is 7.11 Å². The van der Waals surface area contributed by atoms with Gasteiger partial charge in [0.15, 0.2) is 0 Å². The molecule has 1 aliphatic carbocycles. The van der Waals surface area contributed by atoms with E-state index in [9.17, 15) is 20.0 Å². The molecule has 2 aliphatic rings. The molecular formula is C20H17N3O4S. The number of carbonyl (C=O) groups excluding carboxylic acids is 1. The van der Waals surface area contributed by atoms with Crippen LogP contribution in [0.5, 0.6) is 0 Å². The number of nitrogens with zero attached hydrogens (tertiary/aromatic N) is 1. The summed E-state index contributed by atoms with van der Waals surface area (Å²) in [6, 6.07) is 7.43. The number of carbonyl (C=O) groups is 2. The Bertz CT molecular complexity index is 1120. The minimum absolute atomic E-state index is 0.0753. The molecule has 0 amide bonds. The second-order valence-electron chi connectivity index (χ2n) is 6.77. The molecule has 28 heavy (non-hydrogen) atoms. The number of carboxylic acid groups (broad SMARTS) is 1. The van der Waals surface area contributed by atoms with Crippen LogP contribution in [-0.2, 0) is 14.3 Å². The van der Waals surface area contributed by atoms with E-state index in [0.29, 0.717) is 16.8 Å². The molecule has 0 radical (unpaired) electrons. The normalized spacial score (nSPS) is 19.4. The minimum Gasteiger partial charge on any atom is -0.478 e. The predicted molar refractivity (Wildman–Crippen MR) is 103 cm³/mol. The van der Waals surface area contributed by atoms with E-state index in [4.69, 9.17) is 10.5 Å². The first kappa shape index (κ1) is 18.1. The number of benzene rings is 1. The molecule has 8 heteroatoms. The van der Waals surface area contributed by atoms with E-state index >= 15 is 0 Å². The summed E-state index contributed by atoms with van der Waals surface area (Å²) in [5, 5.41) is 24.9. The molecule has 7 nitrogen and oxygen atoms in total. The fraction of sp³-hybridized carbons (Fsp3) is 0.250. The summed E-state index contributed by atoms with van der Waals surface area (Å²) < 4.78 is 5.65. The standard InChI is InChI=1S/C20H17N3O4S/c1-27-20(26)15-13(12-8-28-17-10(7-21)3-2-4-11(12)17)14(19(24)25)16(9-5-6-9)23-18(15)22/h2-4,8-9,13,23H,5-6,22H2,1H3,(H,24,25). The van der Waals surface area contributed by atoms with Crippen molar-refractivity contribution in [1.82, 2.24) is 5.32 Å². The van der Waals surface area contributed by atoms with E-state index in [1.165, 1.54) is 18.4 Å². The largest absolute Gasteiger partial charge is 0.478 e. The Balaban J connectivity index is 2.01. The molecule has 1 aliphatic heterocycles. The Kier molecular flexibility index (Phi) is 4.32. The van der Waals surface area contributed by atoms with Crippen molar-refractivity contribution >= 4 is 33.4 Å². The molecule has 1 unspecified atom stereocenters. The van der Waals surface area contributed by atoms with Crippen LogP contribution in [0.25, 0.3) is 10.1 Å². The Morgan fingerprint density at radius 3 is 2.71 bits per heavy atom. The van der Waals surface area contributed by atoms with E-state index in [0.717, 1.165) is 22.9 Å². The molecule has 0 saturated heterocycles. The molecule has 0 bridgehead atoms. The maximum absolute atomic E-state index is 12.5. The lowest BCUT2D eigenvalue weighted by Crippen LogP contribution is -2.36. The maximum atomic E-state index is 12.5. The van der Waals surface area contributed by atoms with Gasteiger partial charge in [-0.25, -0.2) is 9.59 Å². The van der Waals surface area contributed by atoms with Crippen LogP contribution < -0.4 is 11.1 Å². The quantitative estimate of drug-likeness (QED) is 0.679. The van der Waals surface area contributed by atoms with Crippen LogP contribution in [0.2, 0.25) is 0 Å². The van der Waals surface area contributed by atoms with Crippen LogP contribution >= 0.6 is 11.3 Å². The van der Waals surface area contributed by atoms with E-state index in [-0.39, 0.29) is 22.9 Å². The number of rotatable bonds is 4. The number of fused-ring (bicyclic) bond motifs is 1. The Hall–Kier alpha value is -3.31. The Labute approximate surface area is 164 Å². The topological polar surface area (TPSA) is 125 Å². The second kappa shape index (κ2) is 6.69. The fourth-order valence-electron chi connectivity index (χ4n) is 3.71. The summed E-state index contributed by atoms with van der Waals surface area (Å²) in [5.74, 6) is -2.46. The fourth-order valence-corrected chi connectivity index (χ4v) is 4.77. The zero-order valence-electron chi connectivity index (χ0n) is 15.0. The molecule has 142 valence electrons. The number of aliphatic carboxylic acids is 1. The number of hydrogen-bond donors (Lipinski definition) is 3. The summed E-state index contributed by atoms with van der Waals surface area (Å²) in [6.45, 7) is 0. The van der Waals surface area contributed by atoms with Crippen molar-refractivity contribution in [1.29, 1.82) is 5.26 Å². The number of nitrogens with two attached hydrogens (primary N) is 1. The van der Waals surface area contributed by atoms with E-state index in [1.54, 1.807) is 17.5 Å². The lowest BCUT2D eigenvalue weighted by molar-refractivity contribution is -0.136. The van der Waals surface area contributed by atoms with Gasteiger partial charge in [-0.3, -0.25) is 0 Å². The average molecular weight is 395 g/mol. The van der Waals surface area contributed by atoms with Crippen molar-refractivity contribution in [3.05, 3.63) is 57.4 Å². The van der Waals surface area contributed by atoms with Gasteiger partial charge in [-0.1, -0.05) is 12.1 Å². The third-order valence-electron chi connectivity index (χ3n) is 5.11. The summed E-state index contributed by atoms with van der Waals surface area (Å²) in [7, 11) is 1.24. The van der Waals surface area contributed by atoms with Gasteiger partial charge in [0.2, 0.25) is 0 Å². The van der Waals surface area contributed by atoms with Gasteiger partial charge in [0.25, 0.3) is 0 Å². The predicted octanol–water partition coefficient (Wildman–Crippen LogP) is 2.55. The summed E-state index contributed by atoms with van der Waals surface area (Å²) in [5.41, 5.74) is 8.04. The summed E-state index contributed by atoms with van der Waals surface area (Å²) in [6.07, 6.45) is 1.74. The molecular weight excluding hydrogens is 378 g/mol. The molecule has 4 rings (SSSR count). The van der Waals surface area contributed by atoms with Crippen LogP contribution in [0.3, 0.4) is 0 Å². The van der Waals surface area contributed by atoms with E-state index < -0.39 is 17.9 Å². The number of ether oxygens (including phenoxy) is 1. The molecule has 1 fully saturated rings. The molecule has 1 atom stereocenters. The Morgan fingerprint density at radius 1 is 1.36 bits per heavy atom. The number of nitriles is 1. The maximum Gasteiger partial charge on any atom is 0.338 e. The molecule has 1 aromatic carbocycles. The van der Waals surface area contributed by atoms with Crippen molar-refractivity contribution in [2.24, 2.45) is 11.7 Å². The molecule has 2 heterocycles. The van der Waals surface area contributed by atoms with Gasteiger partial charge in [0, 0.05) is 5.70 Å².